The summed E-state index contributed by atoms with van der Waals surface area (Å²) in [4.78, 5) is 0.195. The van der Waals surface area contributed by atoms with E-state index in [0.717, 1.165) is 16.2 Å². The fraction of sp³-hybridized carbons (Fsp3) is 0. The van der Waals surface area contributed by atoms with E-state index in [9.17, 15) is 8.42 Å². The van der Waals surface area contributed by atoms with E-state index >= 15 is 0 Å². The Balaban J connectivity index is 2.01. The van der Waals surface area contributed by atoms with Crippen LogP contribution in [0.2, 0.25) is 0 Å². The molecule has 0 spiro atoms. The molecule has 3 aromatic rings. The van der Waals surface area contributed by atoms with Gasteiger partial charge in [0.15, 0.2) is 0 Å². The predicted molar refractivity (Wildman–Crippen MR) is 82.4 cm³/mol. The van der Waals surface area contributed by atoms with Crippen LogP contribution in [0.5, 0.6) is 0 Å². The van der Waals surface area contributed by atoms with Gasteiger partial charge in [-0.2, -0.15) is 8.75 Å². The predicted octanol–water partition coefficient (Wildman–Crippen LogP) is 3.25. The number of halogens is 1. The SMILES string of the molecule is O=S(=O)(Nc1cccc2nsnc12)c1ccc(Br)cc1. The summed E-state index contributed by atoms with van der Waals surface area (Å²) in [5.41, 5.74) is 1.66. The second kappa shape index (κ2) is 5.12. The molecule has 0 atom stereocenters. The zero-order valence-electron chi connectivity index (χ0n) is 9.95. The van der Waals surface area contributed by atoms with Gasteiger partial charge in [-0.15, -0.1) is 0 Å². The van der Waals surface area contributed by atoms with Gasteiger partial charge in [-0.3, -0.25) is 4.72 Å². The Morgan fingerprint density at radius 2 is 1.80 bits per heavy atom. The van der Waals surface area contributed by atoms with Gasteiger partial charge in [-0.1, -0.05) is 22.0 Å². The van der Waals surface area contributed by atoms with Crippen LogP contribution in [0.4, 0.5) is 5.69 Å². The van der Waals surface area contributed by atoms with Crippen LogP contribution in [0.25, 0.3) is 11.0 Å². The highest BCUT2D eigenvalue weighted by atomic mass is 79.9. The maximum atomic E-state index is 12.3. The highest BCUT2D eigenvalue weighted by Gasteiger charge is 2.16. The van der Waals surface area contributed by atoms with Crippen molar-refractivity contribution in [2.24, 2.45) is 0 Å². The number of benzene rings is 2. The molecular weight excluding hydrogens is 362 g/mol. The molecule has 0 aliphatic rings. The molecule has 0 fully saturated rings. The fourth-order valence-corrected chi connectivity index (χ4v) is 3.59. The number of anilines is 1. The summed E-state index contributed by atoms with van der Waals surface area (Å²) in [5.74, 6) is 0. The Hall–Kier alpha value is -1.51. The minimum atomic E-state index is -3.63. The molecule has 20 heavy (non-hydrogen) atoms. The Kier molecular flexibility index (Phi) is 3.45. The summed E-state index contributed by atoms with van der Waals surface area (Å²) in [5, 5.41) is 0. The van der Waals surface area contributed by atoms with Crippen LogP contribution in [0.3, 0.4) is 0 Å². The van der Waals surface area contributed by atoms with Crippen molar-refractivity contribution < 1.29 is 8.42 Å². The third kappa shape index (κ3) is 2.54. The van der Waals surface area contributed by atoms with Gasteiger partial charge in [0.05, 0.1) is 22.3 Å². The Morgan fingerprint density at radius 1 is 1.05 bits per heavy atom. The van der Waals surface area contributed by atoms with Gasteiger partial charge in [0.25, 0.3) is 10.0 Å². The van der Waals surface area contributed by atoms with Crippen molar-refractivity contribution in [2.45, 2.75) is 4.90 Å². The number of rotatable bonds is 3. The van der Waals surface area contributed by atoms with Crippen LogP contribution < -0.4 is 4.72 Å². The van der Waals surface area contributed by atoms with Gasteiger partial charge >= 0.3 is 0 Å². The molecule has 3 rings (SSSR count). The molecule has 0 saturated carbocycles. The third-order valence-corrected chi connectivity index (χ3v) is 5.11. The molecule has 5 nitrogen and oxygen atoms in total. The lowest BCUT2D eigenvalue weighted by Crippen LogP contribution is -2.13. The molecule has 0 bridgehead atoms. The second-order valence-electron chi connectivity index (χ2n) is 4.00. The molecule has 0 aliphatic heterocycles. The second-order valence-corrected chi connectivity index (χ2v) is 7.12. The highest BCUT2D eigenvalue weighted by molar-refractivity contribution is 9.10. The first-order valence-electron chi connectivity index (χ1n) is 5.56. The summed E-state index contributed by atoms with van der Waals surface area (Å²) in [6.07, 6.45) is 0. The van der Waals surface area contributed by atoms with Gasteiger partial charge in [0, 0.05) is 4.47 Å². The fourth-order valence-electron chi connectivity index (χ4n) is 1.71. The van der Waals surface area contributed by atoms with Crippen molar-refractivity contribution in [3.05, 3.63) is 46.9 Å². The normalized spacial score (nSPS) is 11.7. The molecule has 1 heterocycles. The van der Waals surface area contributed by atoms with E-state index in [1.54, 1.807) is 30.3 Å². The largest absolute Gasteiger partial charge is 0.277 e. The van der Waals surface area contributed by atoms with Crippen molar-refractivity contribution in [2.75, 3.05) is 4.72 Å². The monoisotopic (exact) mass is 369 g/mol. The number of nitrogens with zero attached hydrogens (tertiary/aromatic N) is 2. The van der Waals surface area contributed by atoms with Crippen LogP contribution in [-0.4, -0.2) is 17.2 Å². The molecule has 0 radical (unpaired) electrons. The highest BCUT2D eigenvalue weighted by Crippen LogP contribution is 2.24. The number of fused-ring (bicyclic) bond motifs is 1. The van der Waals surface area contributed by atoms with Crippen LogP contribution in [0, 0.1) is 0 Å². The standard InChI is InChI=1S/C12H8BrN3O2S2/c13-8-4-6-9(7-5-8)20(17,18)16-11-3-1-2-10-12(11)15-19-14-10/h1-7,16H. The van der Waals surface area contributed by atoms with Gasteiger partial charge in [-0.05, 0) is 36.4 Å². The average Bonchev–Trinajstić information content (AvgIpc) is 2.88. The lowest BCUT2D eigenvalue weighted by Gasteiger charge is -2.08. The van der Waals surface area contributed by atoms with Crippen LogP contribution >= 0.6 is 27.7 Å². The summed E-state index contributed by atoms with van der Waals surface area (Å²) in [7, 11) is -3.63. The smallest absolute Gasteiger partial charge is 0.261 e. The molecular formula is C12H8BrN3O2S2. The topological polar surface area (TPSA) is 72.0 Å². The molecule has 2 aromatic carbocycles. The first-order valence-corrected chi connectivity index (χ1v) is 8.56. The van der Waals surface area contributed by atoms with Crippen molar-refractivity contribution in [1.29, 1.82) is 0 Å². The number of hydrogen-bond donors (Lipinski definition) is 1. The third-order valence-electron chi connectivity index (χ3n) is 2.65. The van der Waals surface area contributed by atoms with Crippen LogP contribution in [0.1, 0.15) is 0 Å². The van der Waals surface area contributed by atoms with Crippen LogP contribution in [0.15, 0.2) is 51.8 Å². The minimum Gasteiger partial charge on any atom is -0.277 e. The molecule has 0 aliphatic carbocycles. The molecule has 0 saturated heterocycles. The number of sulfonamides is 1. The molecule has 102 valence electrons. The first-order chi connectivity index (χ1) is 9.56. The summed E-state index contributed by atoms with van der Waals surface area (Å²) >= 11 is 4.32. The van der Waals surface area contributed by atoms with Gasteiger partial charge in [0.2, 0.25) is 0 Å². The number of aromatic nitrogens is 2. The molecule has 1 N–H and O–H groups in total. The minimum absolute atomic E-state index is 0.195. The van der Waals surface area contributed by atoms with Crippen molar-refractivity contribution in [3.8, 4) is 0 Å². The van der Waals surface area contributed by atoms with Gasteiger partial charge in [0.1, 0.15) is 11.0 Å². The van der Waals surface area contributed by atoms with E-state index < -0.39 is 10.0 Å². The lowest BCUT2D eigenvalue weighted by molar-refractivity contribution is 0.601. The van der Waals surface area contributed by atoms with Gasteiger partial charge in [-0.25, -0.2) is 8.42 Å². The first kappa shape index (κ1) is 13.5. The van der Waals surface area contributed by atoms with Crippen molar-refractivity contribution >= 4 is 54.4 Å². The quantitative estimate of drug-likeness (QED) is 0.768. The molecule has 0 unspecified atom stereocenters. The molecule has 0 amide bonds. The number of hydrogen-bond acceptors (Lipinski definition) is 5. The summed E-state index contributed by atoms with van der Waals surface area (Å²) < 4.78 is 36.2. The Morgan fingerprint density at radius 3 is 2.55 bits per heavy atom. The van der Waals surface area contributed by atoms with E-state index in [2.05, 4.69) is 29.4 Å². The summed E-state index contributed by atoms with van der Waals surface area (Å²) in [6.45, 7) is 0. The van der Waals surface area contributed by atoms with Crippen LogP contribution in [-0.2, 0) is 10.0 Å². The zero-order valence-corrected chi connectivity index (χ0v) is 13.2. The van der Waals surface area contributed by atoms with E-state index in [-0.39, 0.29) is 4.90 Å². The zero-order chi connectivity index (χ0) is 14.2. The van der Waals surface area contributed by atoms with E-state index in [1.165, 1.54) is 12.1 Å². The van der Waals surface area contributed by atoms with E-state index in [1.807, 2.05) is 0 Å². The van der Waals surface area contributed by atoms with Crippen molar-refractivity contribution in [1.82, 2.24) is 8.75 Å². The lowest BCUT2D eigenvalue weighted by atomic mass is 10.3. The van der Waals surface area contributed by atoms with Gasteiger partial charge < -0.3 is 0 Å². The maximum Gasteiger partial charge on any atom is 0.261 e. The van der Waals surface area contributed by atoms with Crippen molar-refractivity contribution in [3.63, 3.8) is 0 Å². The Bertz CT molecular complexity index is 860. The Labute approximate surface area is 128 Å². The molecule has 8 heteroatoms. The average molecular weight is 370 g/mol. The molecule has 1 aromatic heterocycles. The van der Waals surface area contributed by atoms with E-state index in [4.69, 9.17) is 0 Å². The van der Waals surface area contributed by atoms with E-state index in [0.29, 0.717) is 16.7 Å². The maximum absolute atomic E-state index is 12.3. The number of nitrogens with one attached hydrogen (secondary N) is 1. The summed E-state index contributed by atoms with van der Waals surface area (Å²) in [6, 6.07) is 11.6.